The van der Waals surface area contributed by atoms with Gasteiger partial charge in [-0.05, 0) is 27.2 Å². The lowest BCUT2D eigenvalue weighted by Gasteiger charge is -2.23. The number of methoxy groups -OCH3 is 1. The smallest absolute Gasteiger partial charge is 0.0693 e. The van der Waals surface area contributed by atoms with Gasteiger partial charge in [-0.1, -0.05) is 0 Å². The lowest BCUT2D eigenvalue weighted by Crippen LogP contribution is -2.42. The van der Waals surface area contributed by atoms with Crippen molar-refractivity contribution in [3.8, 4) is 0 Å². The molecule has 0 aromatic carbocycles. The van der Waals surface area contributed by atoms with Gasteiger partial charge in [0.2, 0.25) is 0 Å². The van der Waals surface area contributed by atoms with E-state index < -0.39 is 0 Å². The van der Waals surface area contributed by atoms with Crippen molar-refractivity contribution >= 4 is 0 Å². The predicted molar refractivity (Wildman–Crippen MR) is 50.2 cm³/mol. The summed E-state index contributed by atoms with van der Waals surface area (Å²) in [5.74, 6) is 0. The molecular formula is C9H21NO2. The summed E-state index contributed by atoms with van der Waals surface area (Å²) in [6, 6.07) is 0.680. The van der Waals surface area contributed by atoms with Crippen LogP contribution in [0.5, 0.6) is 0 Å². The summed E-state index contributed by atoms with van der Waals surface area (Å²) < 4.78 is 5.17. The maximum absolute atomic E-state index is 8.67. The van der Waals surface area contributed by atoms with Gasteiger partial charge in [0, 0.05) is 25.8 Å². The van der Waals surface area contributed by atoms with Crippen molar-refractivity contribution in [3.63, 3.8) is 0 Å². The van der Waals surface area contributed by atoms with Gasteiger partial charge in [-0.25, -0.2) is 0 Å². The van der Waals surface area contributed by atoms with Crippen LogP contribution >= 0.6 is 0 Å². The molecule has 0 saturated heterocycles. The first-order chi connectivity index (χ1) is 5.61. The molecule has 2 N–H and O–H groups in total. The molecule has 0 saturated carbocycles. The molecule has 0 aliphatic rings. The van der Waals surface area contributed by atoms with Crippen LogP contribution in [-0.4, -0.2) is 37.0 Å². The second-order valence-electron chi connectivity index (χ2n) is 3.31. The topological polar surface area (TPSA) is 41.5 Å². The Hall–Kier alpha value is -0.120. The van der Waals surface area contributed by atoms with Crippen LogP contribution in [-0.2, 0) is 4.74 Å². The largest absolute Gasteiger partial charge is 0.396 e. The summed E-state index contributed by atoms with van der Waals surface area (Å²) >= 11 is 0. The number of aliphatic hydroxyl groups is 1. The van der Waals surface area contributed by atoms with E-state index in [0.29, 0.717) is 12.1 Å². The Balaban J connectivity index is 3.59. The number of nitrogens with one attached hydrogen (secondary N) is 1. The predicted octanol–water partition coefficient (Wildman–Crippen LogP) is 0.770. The Labute approximate surface area is 75.1 Å². The first-order valence-electron chi connectivity index (χ1n) is 4.51. The highest BCUT2D eigenvalue weighted by Crippen LogP contribution is 1.99. The second kappa shape index (κ2) is 6.40. The molecule has 0 radical (unpaired) electrons. The molecule has 0 bridgehead atoms. The van der Waals surface area contributed by atoms with E-state index in [-0.39, 0.29) is 12.7 Å². The minimum atomic E-state index is 0.214. The van der Waals surface area contributed by atoms with Crippen molar-refractivity contribution in [1.29, 1.82) is 0 Å². The molecule has 0 spiro atoms. The minimum Gasteiger partial charge on any atom is -0.396 e. The van der Waals surface area contributed by atoms with Crippen LogP contribution in [0.4, 0.5) is 0 Å². The van der Waals surface area contributed by atoms with Crippen molar-refractivity contribution < 1.29 is 9.84 Å². The van der Waals surface area contributed by atoms with E-state index >= 15 is 0 Å². The summed E-state index contributed by atoms with van der Waals surface area (Å²) in [6.07, 6.45) is 1.01. The number of ether oxygens (including phenoxy) is 1. The molecule has 0 heterocycles. The van der Waals surface area contributed by atoms with Gasteiger partial charge in [0.1, 0.15) is 0 Å². The van der Waals surface area contributed by atoms with E-state index in [1.54, 1.807) is 7.11 Å². The van der Waals surface area contributed by atoms with Gasteiger partial charge in [0.25, 0.3) is 0 Å². The van der Waals surface area contributed by atoms with E-state index in [1.807, 2.05) is 6.92 Å². The maximum Gasteiger partial charge on any atom is 0.0693 e. The van der Waals surface area contributed by atoms with Crippen LogP contribution in [0.3, 0.4) is 0 Å². The summed E-state index contributed by atoms with van der Waals surface area (Å²) in [4.78, 5) is 0. The van der Waals surface area contributed by atoms with E-state index in [9.17, 15) is 0 Å². The fraction of sp³-hybridized carbons (Fsp3) is 1.00. The highest BCUT2D eigenvalue weighted by molar-refractivity contribution is 4.72. The molecule has 0 aromatic heterocycles. The van der Waals surface area contributed by atoms with Gasteiger partial charge < -0.3 is 15.2 Å². The Kier molecular flexibility index (Phi) is 6.34. The molecule has 3 unspecified atom stereocenters. The van der Waals surface area contributed by atoms with E-state index in [4.69, 9.17) is 9.84 Å². The Morgan fingerprint density at radius 1 is 1.33 bits per heavy atom. The van der Waals surface area contributed by atoms with Gasteiger partial charge in [-0.2, -0.15) is 0 Å². The van der Waals surface area contributed by atoms with Crippen LogP contribution in [0.1, 0.15) is 27.2 Å². The van der Waals surface area contributed by atoms with Crippen molar-refractivity contribution in [3.05, 3.63) is 0 Å². The van der Waals surface area contributed by atoms with Crippen molar-refractivity contribution in [1.82, 2.24) is 5.32 Å². The maximum atomic E-state index is 8.67. The van der Waals surface area contributed by atoms with Gasteiger partial charge in [-0.15, -0.1) is 0 Å². The Bertz CT molecular complexity index is 109. The van der Waals surface area contributed by atoms with Gasteiger partial charge in [0.15, 0.2) is 0 Å². The van der Waals surface area contributed by atoms with E-state index in [2.05, 4.69) is 19.2 Å². The molecule has 0 rings (SSSR count). The van der Waals surface area contributed by atoms with Crippen molar-refractivity contribution in [2.24, 2.45) is 0 Å². The van der Waals surface area contributed by atoms with Crippen LogP contribution in [0, 0.1) is 0 Å². The average molecular weight is 175 g/mol. The zero-order chi connectivity index (χ0) is 9.56. The fourth-order valence-corrected chi connectivity index (χ4v) is 1.07. The van der Waals surface area contributed by atoms with Gasteiger partial charge in [-0.3, -0.25) is 0 Å². The molecule has 3 atom stereocenters. The molecule has 0 aliphatic heterocycles. The second-order valence-corrected chi connectivity index (χ2v) is 3.31. The standard InChI is InChI=1S/C9H21NO2/c1-7(5-6-11)10-8(2)9(3)12-4/h7-11H,5-6H2,1-4H3. The van der Waals surface area contributed by atoms with Gasteiger partial charge >= 0.3 is 0 Å². The third kappa shape index (κ3) is 4.70. The molecule has 0 amide bonds. The van der Waals surface area contributed by atoms with E-state index in [0.717, 1.165) is 6.42 Å². The quantitative estimate of drug-likeness (QED) is 0.626. The molecule has 12 heavy (non-hydrogen) atoms. The number of aliphatic hydroxyl groups excluding tert-OH is 1. The number of hydrogen-bond acceptors (Lipinski definition) is 3. The summed E-state index contributed by atoms with van der Waals surface area (Å²) in [6.45, 7) is 6.42. The van der Waals surface area contributed by atoms with Crippen LogP contribution < -0.4 is 5.32 Å². The highest BCUT2D eigenvalue weighted by Gasteiger charge is 2.12. The lowest BCUT2D eigenvalue weighted by molar-refractivity contribution is 0.0836. The number of rotatable bonds is 6. The van der Waals surface area contributed by atoms with Crippen molar-refractivity contribution in [2.75, 3.05) is 13.7 Å². The van der Waals surface area contributed by atoms with Crippen LogP contribution in [0.15, 0.2) is 0 Å². The highest BCUT2D eigenvalue weighted by atomic mass is 16.5. The Morgan fingerprint density at radius 3 is 2.33 bits per heavy atom. The van der Waals surface area contributed by atoms with Crippen LogP contribution in [0.2, 0.25) is 0 Å². The summed E-state index contributed by atoms with van der Waals surface area (Å²) in [5, 5.41) is 12.0. The molecule has 74 valence electrons. The van der Waals surface area contributed by atoms with E-state index in [1.165, 1.54) is 0 Å². The molecular weight excluding hydrogens is 154 g/mol. The molecule has 3 nitrogen and oxygen atoms in total. The summed E-state index contributed by atoms with van der Waals surface area (Å²) in [5.41, 5.74) is 0. The monoisotopic (exact) mass is 175 g/mol. The zero-order valence-electron chi connectivity index (χ0n) is 8.50. The average Bonchev–Trinajstić information content (AvgIpc) is 2.03. The SMILES string of the molecule is COC(C)C(C)NC(C)CCO. The molecule has 0 aliphatic carbocycles. The fourth-order valence-electron chi connectivity index (χ4n) is 1.07. The first kappa shape index (κ1) is 11.9. The minimum absolute atomic E-state index is 0.214. The van der Waals surface area contributed by atoms with Crippen LogP contribution in [0.25, 0.3) is 0 Å². The third-order valence-corrected chi connectivity index (χ3v) is 2.19. The molecule has 0 aromatic rings. The third-order valence-electron chi connectivity index (χ3n) is 2.19. The lowest BCUT2D eigenvalue weighted by atomic mass is 10.1. The molecule has 0 fully saturated rings. The Morgan fingerprint density at radius 2 is 1.92 bits per heavy atom. The normalized spacial score (nSPS) is 18.8. The van der Waals surface area contributed by atoms with Crippen molar-refractivity contribution in [2.45, 2.75) is 45.4 Å². The number of hydrogen-bond donors (Lipinski definition) is 2. The zero-order valence-corrected chi connectivity index (χ0v) is 8.50. The first-order valence-corrected chi connectivity index (χ1v) is 4.51. The molecule has 3 heteroatoms. The van der Waals surface area contributed by atoms with Gasteiger partial charge in [0.05, 0.1) is 6.10 Å². The summed E-state index contributed by atoms with van der Waals surface area (Å²) in [7, 11) is 1.71.